The van der Waals surface area contributed by atoms with Crippen LogP contribution in [0, 0.1) is 12.8 Å². The van der Waals surface area contributed by atoms with Crippen LogP contribution in [-0.4, -0.2) is 0 Å². The van der Waals surface area contributed by atoms with Gasteiger partial charge in [-0.3, -0.25) is 0 Å². The molecule has 1 atom stereocenters. The van der Waals surface area contributed by atoms with E-state index in [2.05, 4.69) is 20.8 Å². The Bertz CT molecular complexity index is 161. The predicted octanol–water partition coefficient (Wildman–Crippen LogP) is 7.72. The zero-order valence-electron chi connectivity index (χ0n) is 14.6. The van der Waals surface area contributed by atoms with Crippen LogP contribution in [0.3, 0.4) is 0 Å². The Morgan fingerprint density at radius 2 is 1.00 bits per heavy atom. The van der Waals surface area contributed by atoms with E-state index in [0.717, 1.165) is 12.3 Å². The Morgan fingerprint density at radius 1 is 0.600 bits per heavy atom. The fourth-order valence-electron chi connectivity index (χ4n) is 3.00. The summed E-state index contributed by atoms with van der Waals surface area (Å²) in [7, 11) is 0. The molecule has 0 aliphatic carbocycles. The van der Waals surface area contributed by atoms with Crippen molar-refractivity contribution in [2.45, 2.75) is 117 Å². The van der Waals surface area contributed by atoms with Gasteiger partial charge in [0.1, 0.15) is 0 Å². The molecular formula is C20H41. The van der Waals surface area contributed by atoms with Gasteiger partial charge in [-0.05, 0) is 5.92 Å². The minimum atomic E-state index is 0.903. The van der Waals surface area contributed by atoms with Crippen LogP contribution in [0.15, 0.2) is 0 Å². The van der Waals surface area contributed by atoms with E-state index in [1.54, 1.807) is 0 Å². The number of hydrogen-bond donors (Lipinski definition) is 0. The van der Waals surface area contributed by atoms with Crippen LogP contribution >= 0.6 is 0 Å². The molecule has 1 unspecified atom stereocenters. The first kappa shape index (κ1) is 20.0. The summed E-state index contributed by atoms with van der Waals surface area (Å²) in [4.78, 5) is 0. The molecule has 0 bridgehead atoms. The maximum Gasteiger partial charge on any atom is -0.0443 e. The van der Waals surface area contributed by atoms with Gasteiger partial charge in [-0.2, -0.15) is 0 Å². The van der Waals surface area contributed by atoms with Crippen LogP contribution in [-0.2, 0) is 0 Å². The topological polar surface area (TPSA) is 0 Å². The Balaban J connectivity index is 2.99. The van der Waals surface area contributed by atoms with Crippen LogP contribution in [0.2, 0.25) is 0 Å². The molecule has 121 valence electrons. The van der Waals surface area contributed by atoms with Crippen molar-refractivity contribution in [2.75, 3.05) is 0 Å². The average molecular weight is 282 g/mol. The fourth-order valence-corrected chi connectivity index (χ4v) is 3.00. The molecule has 0 heteroatoms. The van der Waals surface area contributed by atoms with Crippen molar-refractivity contribution >= 4 is 0 Å². The van der Waals surface area contributed by atoms with E-state index < -0.39 is 0 Å². The monoisotopic (exact) mass is 281 g/mol. The van der Waals surface area contributed by atoms with Crippen molar-refractivity contribution in [1.82, 2.24) is 0 Å². The van der Waals surface area contributed by atoms with E-state index in [1.165, 1.54) is 96.3 Å². The van der Waals surface area contributed by atoms with Crippen LogP contribution < -0.4 is 0 Å². The van der Waals surface area contributed by atoms with Gasteiger partial charge in [0.05, 0.1) is 0 Å². The zero-order valence-corrected chi connectivity index (χ0v) is 14.6. The third-order valence-electron chi connectivity index (χ3n) is 4.50. The molecule has 0 aliphatic rings. The summed E-state index contributed by atoms with van der Waals surface area (Å²) in [6.07, 6.45) is 22.8. The number of unbranched alkanes of at least 4 members (excludes halogenated alkanes) is 12. The lowest BCUT2D eigenvalue weighted by Gasteiger charge is -2.09. The van der Waals surface area contributed by atoms with Gasteiger partial charge in [0, 0.05) is 0 Å². The molecule has 0 saturated carbocycles. The first-order chi connectivity index (χ1) is 9.81. The van der Waals surface area contributed by atoms with E-state index in [1.807, 2.05) is 0 Å². The molecule has 0 aromatic carbocycles. The highest BCUT2D eigenvalue weighted by Gasteiger charge is 2.00. The highest BCUT2D eigenvalue weighted by molar-refractivity contribution is 4.55. The quantitative estimate of drug-likeness (QED) is 0.254. The molecule has 0 saturated heterocycles. The van der Waals surface area contributed by atoms with Crippen LogP contribution in [0.4, 0.5) is 0 Å². The molecule has 0 aromatic heterocycles. The van der Waals surface area contributed by atoms with Crippen LogP contribution in [0.25, 0.3) is 0 Å². The van der Waals surface area contributed by atoms with E-state index >= 15 is 0 Å². The van der Waals surface area contributed by atoms with Gasteiger partial charge < -0.3 is 0 Å². The van der Waals surface area contributed by atoms with Gasteiger partial charge in [0.25, 0.3) is 0 Å². The summed E-state index contributed by atoms with van der Waals surface area (Å²) in [5, 5.41) is 0. The van der Waals surface area contributed by atoms with Crippen molar-refractivity contribution in [2.24, 2.45) is 5.92 Å². The van der Waals surface area contributed by atoms with Gasteiger partial charge in [-0.25, -0.2) is 0 Å². The van der Waals surface area contributed by atoms with E-state index in [4.69, 9.17) is 0 Å². The SMILES string of the molecule is [CH2]CCC(C)CCCCCCCCCCCCCCC. The van der Waals surface area contributed by atoms with E-state index in [-0.39, 0.29) is 0 Å². The van der Waals surface area contributed by atoms with E-state index in [0.29, 0.717) is 0 Å². The highest BCUT2D eigenvalue weighted by atomic mass is 14.1. The van der Waals surface area contributed by atoms with Crippen molar-refractivity contribution in [1.29, 1.82) is 0 Å². The number of rotatable bonds is 16. The summed E-state index contributed by atoms with van der Waals surface area (Å²) in [5.74, 6) is 0.903. The van der Waals surface area contributed by atoms with E-state index in [9.17, 15) is 0 Å². The van der Waals surface area contributed by atoms with Gasteiger partial charge in [0.15, 0.2) is 0 Å². The summed E-state index contributed by atoms with van der Waals surface area (Å²) in [6, 6.07) is 0. The molecule has 0 spiro atoms. The molecule has 0 nitrogen and oxygen atoms in total. The summed E-state index contributed by atoms with van der Waals surface area (Å²) >= 11 is 0. The molecule has 0 aromatic rings. The second-order valence-electron chi connectivity index (χ2n) is 6.78. The predicted molar refractivity (Wildman–Crippen MR) is 94.1 cm³/mol. The lowest BCUT2D eigenvalue weighted by Crippen LogP contribution is -1.93. The molecule has 0 amide bonds. The fraction of sp³-hybridized carbons (Fsp3) is 0.950. The van der Waals surface area contributed by atoms with Crippen LogP contribution in [0.5, 0.6) is 0 Å². The molecule has 0 rings (SSSR count). The smallest absolute Gasteiger partial charge is 0.0443 e. The van der Waals surface area contributed by atoms with Crippen molar-refractivity contribution < 1.29 is 0 Å². The second kappa shape index (κ2) is 17.1. The minimum Gasteiger partial charge on any atom is -0.0654 e. The Morgan fingerprint density at radius 3 is 1.40 bits per heavy atom. The Labute approximate surface area is 130 Å². The highest BCUT2D eigenvalue weighted by Crippen LogP contribution is 2.16. The normalized spacial score (nSPS) is 12.8. The lowest BCUT2D eigenvalue weighted by atomic mass is 9.98. The lowest BCUT2D eigenvalue weighted by molar-refractivity contribution is 0.456. The van der Waals surface area contributed by atoms with Gasteiger partial charge in [0.2, 0.25) is 0 Å². The Hall–Kier alpha value is 0. The first-order valence-electron chi connectivity index (χ1n) is 9.60. The third kappa shape index (κ3) is 16.1. The van der Waals surface area contributed by atoms with Gasteiger partial charge in [-0.1, -0.05) is 124 Å². The second-order valence-corrected chi connectivity index (χ2v) is 6.78. The van der Waals surface area contributed by atoms with Crippen molar-refractivity contribution in [3.8, 4) is 0 Å². The maximum absolute atomic E-state index is 3.94. The molecule has 1 radical (unpaired) electrons. The maximum atomic E-state index is 3.94. The molecular weight excluding hydrogens is 240 g/mol. The van der Waals surface area contributed by atoms with Crippen LogP contribution in [0.1, 0.15) is 117 Å². The largest absolute Gasteiger partial charge is 0.0654 e. The Kier molecular flexibility index (Phi) is 17.1. The van der Waals surface area contributed by atoms with Crippen molar-refractivity contribution in [3.05, 3.63) is 6.92 Å². The molecule has 0 fully saturated rings. The first-order valence-corrected chi connectivity index (χ1v) is 9.60. The third-order valence-corrected chi connectivity index (χ3v) is 4.50. The molecule has 0 N–H and O–H groups in total. The van der Waals surface area contributed by atoms with Crippen molar-refractivity contribution in [3.63, 3.8) is 0 Å². The van der Waals surface area contributed by atoms with Gasteiger partial charge in [-0.15, -0.1) is 0 Å². The minimum absolute atomic E-state index is 0.903. The standard InChI is InChI=1S/C20H41/c1-4-6-7-8-9-10-11-12-13-14-15-16-17-19-20(3)18-5-2/h20H,2,4-19H2,1,3H3. The number of hydrogen-bond acceptors (Lipinski definition) is 0. The van der Waals surface area contributed by atoms with Gasteiger partial charge >= 0.3 is 0 Å². The average Bonchev–Trinajstić information content (AvgIpc) is 2.44. The molecule has 0 aliphatic heterocycles. The summed E-state index contributed by atoms with van der Waals surface area (Å²) in [6.45, 7) is 8.61. The molecule has 20 heavy (non-hydrogen) atoms. The zero-order chi connectivity index (χ0) is 14.9. The molecule has 0 heterocycles. The summed E-state index contributed by atoms with van der Waals surface area (Å²) in [5.41, 5.74) is 0. The summed E-state index contributed by atoms with van der Waals surface area (Å²) < 4.78 is 0.